The number of hydrogen-bond donors (Lipinski definition) is 1. The van der Waals surface area contributed by atoms with Crippen molar-refractivity contribution in [3.05, 3.63) is 47.2 Å². The minimum atomic E-state index is 0.709. The van der Waals surface area contributed by atoms with Crippen molar-refractivity contribution in [2.45, 2.75) is 17.7 Å². The van der Waals surface area contributed by atoms with Crippen LogP contribution in [-0.2, 0) is 0 Å². The molecular formula is C14H16BrN3S. The second-order valence-corrected chi connectivity index (χ2v) is 5.98. The summed E-state index contributed by atoms with van der Waals surface area (Å²) in [5.74, 6) is 1.83. The molecule has 0 saturated carbocycles. The summed E-state index contributed by atoms with van der Waals surface area (Å²) in [6.45, 7) is 0.917. The summed E-state index contributed by atoms with van der Waals surface area (Å²) in [5.41, 5.74) is 0. The number of unbranched alkanes of at least 4 members (excludes halogenated alkanes) is 1. The van der Waals surface area contributed by atoms with E-state index in [9.17, 15) is 0 Å². The highest BCUT2D eigenvalue weighted by molar-refractivity contribution is 9.10. The summed E-state index contributed by atoms with van der Waals surface area (Å²) >= 11 is 5.45. The molecule has 0 saturated heterocycles. The first-order chi connectivity index (χ1) is 9.36. The first-order valence-corrected chi connectivity index (χ1v) is 8.02. The molecule has 3 nitrogen and oxygen atoms in total. The number of halogens is 1. The Morgan fingerprint density at radius 3 is 2.63 bits per heavy atom. The Bertz CT molecular complexity index is 493. The molecule has 2 aromatic rings. The fraction of sp³-hybridized carbons (Fsp3) is 0.286. The molecule has 0 aliphatic carbocycles. The fourth-order valence-corrected chi connectivity index (χ4v) is 3.14. The smallest absolute Gasteiger partial charge is 0.222 e. The van der Waals surface area contributed by atoms with E-state index >= 15 is 0 Å². The molecule has 1 N–H and O–H groups in total. The van der Waals surface area contributed by atoms with Crippen LogP contribution in [0.2, 0.25) is 0 Å². The van der Waals surface area contributed by atoms with Gasteiger partial charge in [-0.25, -0.2) is 9.97 Å². The Kier molecular flexibility index (Phi) is 6.17. The van der Waals surface area contributed by atoms with Crippen molar-refractivity contribution in [2.24, 2.45) is 0 Å². The predicted octanol–water partition coefficient (Wildman–Crippen LogP) is 4.22. The van der Waals surface area contributed by atoms with Gasteiger partial charge in [0, 0.05) is 28.3 Å². The third-order valence-electron chi connectivity index (χ3n) is 2.51. The van der Waals surface area contributed by atoms with Crippen LogP contribution in [0.25, 0.3) is 0 Å². The highest BCUT2D eigenvalue weighted by Crippen LogP contribution is 2.27. The zero-order valence-electron chi connectivity index (χ0n) is 10.6. The molecule has 1 aromatic heterocycles. The summed E-state index contributed by atoms with van der Waals surface area (Å²) in [6, 6.07) is 10.2. The van der Waals surface area contributed by atoms with E-state index in [1.54, 1.807) is 12.4 Å². The lowest BCUT2D eigenvalue weighted by atomic mass is 10.3. The SMILES string of the molecule is Brc1ccccc1SCCCCNc1ncccn1. The molecule has 0 unspecified atom stereocenters. The number of hydrogen-bond acceptors (Lipinski definition) is 4. The van der Waals surface area contributed by atoms with Crippen molar-refractivity contribution in [2.75, 3.05) is 17.6 Å². The van der Waals surface area contributed by atoms with E-state index in [1.165, 1.54) is 15.8 Å². The first-order valence-electron chi connectivity index (χ1n) is 6.24. The third-order valence-corrected chi connectivity index (χ3v) is 4.63. The standard InChI is InChI=1S/C14H16BrN3S/c15-12-6-1-2-7-13(12)19-11-4-3-8-16-14-17-9-5-10-18-14/h1-2,5-7,9-10H,3-4,8,11H2,(H,16,17,18). The Hall–Kier alpha value is -1.07. The maximum absolute atomic E-state index is 4.12. The molecule has 1 heterocycles. The van der Waals surface area contributed by atoms with Crippen molar-refractivity contribution >= 4 is 33.6 Å². The van der Waals surface area contributed by atoms with Gasteiger partial charge in [0.2, 0.25) is 5.95 Å². The van der Waals surface area contributed by atoms with Gasteiger partial charge in [-0.2, -0.15) is 0 Å². The van der Waals surface area contributed by atoms with Crippen LogP contribution >= 0.6 is 27.7 Å². The van der Waals surface area contributed by atoms with Crippen LogP contribution in [0.1, 0.15) is 12.8 Å². The number of aromatic nitrogens is 2. The maximum Gasteiger partial charge on any atom is 0.222 e. The molecule has 0 atom stereocenters. The first kappa shape index (κ1) is 14.3. The minimum Gasteiger partial charge on any atom is -0.354 e. The third kappa shape index (κ3) is 5.20. The zero-order valence-corrected chi connectivity index (χ0v) is 13.0. The lowest BCUT2D eigenvalue weighted by molar-refractivity contribution is 0.834. The van der Waals surface area contributed by atoms with Gasteiger partial charge in [0.05, 0.1) is 0 Å². The maximum atomic E-state index is 4.12. The van der Waals surface area contributed by atoms with Gasteiger partial charge in [0.15, 0.2) is 0 Å². The quantitative estimate of drug-likeness (QED) is 0.606. The number of anilines is 1. The van der Waals surface area contributed by atoms with E-state index in [0.717, 1.165) is 18.7 Å². The number of nitrogens with zero attached hydrogens (tertiary/aromatic N) is 2. The molecule has 0 radical (unpaired) electrons. The Morgan fingerprint density at radius 2 is 1.84 bits per heavy atom. The molecular weight excluding hydrogens is 322 g/mol. The molecule has 0 bridgehead atoms. The van der Waals surface area contributed by atoms with Crippen LogP contribution in [0, 0.1) is 0 Å². The van der Waals surface area contributed by atoms with Gasteiger partial charge in [0.25, 0.3) is 0 Å². The van der Waals surface area contributed by atoms with Gasteiger partial charge in [-0.3, -0.25) is 0 Å². The van der Waals surface area contributed by atoms with Crippen LogP contribution in [-0.4, -0.2) is 22.3 Å². The molecule has 0 amide bonds. The summed E-state index contributed by atoms with van der Waals surface area (Å²) in [4.78, 5) is 9.55. The topological polar surface area (TPSA) is 37.8 Å². The van der Waals surface area contributed by atoms with Crippen LogP contribution in [0.3, 0.4) is 0 Å². The van der Waals surface area contributed by atoms with E-state index in [4.69, 9.17) is 0 Å². The van der Waals surface area contributed by atoms with Gasteiger partial charge in [-0.15, -0.1) is 11.8 Å². The van der Waals surface area contributed by atoms with Crippen molar-refractivity contribution in [1.29, 1.82) is 0 Å². The second kappa shape index (κ2) is 8.17. The monoisotopic (exact) mass is 337 g/mol. The van der Waals surface area contributed by atoms with Crippen LogP contribution < -0.4 is 5.32 Å². The molecule has 0 fully saturated rings. The van der Waals surface area contributed by atoms with Crippen molar-refractivity contribution < 1.29 is 0 Å². The normalized spacial score (nSPS) is 10.4. The Balaban J connectivity index is 1.59. The van der Waals surface area contributed by atoms with Crippen LogP contribution in [0.4, 0.5) is 5.95 Å². The van der Waals surface area contributed by atoms with Gasteiger partial charge < -0.3 is 5.32 Å². The number of rotatable bonds is 7. The summed E-state index contributed by atoms with van der Waals surface area (Å²) in [5, 5.41) is 3.21. The van der Waals surface area contributed by atoms with Crippen molar-refractivity contribution in [3.8, 4) is 0 Å². The average molecular weight is 338 g/mol. The Morgan fingerprint density at radius 1 is 1.05 bits per heavy atom. The van der Waals surface area contributed by atoms with Gasteiger partial charge in [0.1, 0.15) is 0 Å². The van der Waals surface area contributed by atoms with Gasteiger partial charge in [-0.05, 0) is 52.7 Å². The largest absolute Gasteiger partial charge is 0.354 e. The van der Waals surface area contributed by atoms with E-state index in [0.29, 0.717) is 5.95 Å². The number of benzene rings is 1. The fourth-order valence-electron chi connectivity index (χ4n) is 1.56. The van der Waals surface area contributed by atoms with E-state index in [1.807, 2.05) is 23.9 Å². The molecule has 5 heteroatoms. The van der Waals surface area contributed by atoms with E-state index < -0.39 is 0 Å². The van der Waals surface area contributed by atoms with Gasteiger partial charge in [-0.1, -0.05) is 12.1 Å². The van der Waals surface area contributed by atoms with E-state index in [-0.39, 0.29) is 0 Å². The lowest BCUT2D eigenvalue weighted by Crippen LogP contribution is -2.04. The van der Waals surface area contributed by atoms with Gasteiger partial charge >= 0.3 is 0 Å². The van der Waals surface area contributed by atoms with Crippen molar-refractivity contribution in [3.63, 3.8) is 0 Å². The lowest BCUT2D eigenvalue weighted by Gasteiger charge is -2.05. The molecule has 0 aliphatic heterocycles. The Labute approximate surface area is 126 Å². The summed E-state index contributed by atoms with van der Waals surface area (Å²) < 4.78 is 1.18. The van der Waals surface area contributed by atoms with Crippen LogP contribution in [0.5, 0.6) is 0 Å². The van der Waals surface area contributed by atoms with Crippen LogP contribution in [0.15, 0.2) is 52.1 Å². The molecule has 2 rings (SSSR count). The molecule has 19 heavy (non-hydrogen) atoms. The summed E-state index contributed by atoms with van der Waals surface area (Å²) in [7, 11) is 0. The van der Waals surface area contributed by atoms with Crippen molar-refractivity contribution in [1.82, 2.24) is 9.97 Å². The minimum absolute atomic E-state index is 0.709. The average Bonchev–Trinajstić information content (AvgIpc) is 2.45. The summed E-state index contributed by atoms with van der Waals surface area (Å²) in [6.07, 6.45) is 5.79. The predicted molar refractivity (Wildman–Crippen MR) is 84.6 cm³/mol. The van der Waals surface area contributed by atoms with E-state index in [2.05, 4.69) is 49.4 Å². The molecule has 1 aromatic carbocycles. The second-order valence-electron chi connectivity index (χ2n) is 3.99. The number of thioether (sulfide) groups is 1. The highest BCUT2D eigenvalue weighted by atomic mass is 79.9. The zero-order chi connectivity index (χ0) is 13.3. The highest BCUT2D eigenvalue weighted by Gasteiger charge is 1.99. The molecule has 0 spiro atoms. The molecule has 0 aliphatic rings. The molecule has 100 valence electrons. The number of nitrogens with one attached hydrogen (secondary N) is 1.